The Kier molecular flexibility index (Phi) is 4.37. The van der Waals surface area contributed by atoms with Crippen molar-refractivity contribution in [1.82, 2.24) is 9.97 Å². The van der Waals surface area contributed by atoms with Crippen LogP contribution in [0.3, 0.4) is 0 Å². The highest BCUT2D eigenvalue weighted by molar-refractivity contribution is 5.78. The van der Waals surface area contributed by atoms with Crippen molar-refractivity contribution in [3.8, 4) is 0 Å². The SMILES string of the molecule is O=c1[nH]c(NCCNc2ccccc2[N+](=O)[O-])nc2ccccc12. The van der Waals surface area contributed by atoms with E-state index in [0.717, 1.165) is 0 Å². The standard InChI is InChI=1S/C16H15N5O3/c22-15-11-5-1-2-6-12(11)19-16(20-15)18-10-9-17-13-7-3-4-8-14(13)21(23)24/h1-8,17H,9-10H2,(H2,18,19,20,22). The third-order valence-corrected chi connectivity index (χ3v) is 3.45. The molecule has 0 fully saturated rings. The zero-order valence-corrected chi connectivity index (χ0v) is 12.7. The summed E-state index contributed by atoms with van der Waals surface area (Å²) in [5, 5.41) is 17.5. The lowest BCUT2D eigenvalue weighted by molar-refractivity contribution is -0.384. The van der Waals surface area contributed by atoms with Gasteiger partial charge in [0, 0.05) is 19.2 Å². The molecule has 24 heavy (non-hydrogen) atoms. The molecule has 3 N–H and O–H groups in total. The predicted molar refractivity (Wildman–Crippen MR) is 92.4 cm³/mol. The zero-order chi connectivity index (χ0) is 16.9. The van der Waals surface area contributed by atoms with Crippen LogP contribution in [0, 0.1) is 10.1 Å². The quantitative estimate of drug-likeness (QED) is 0.364. The van der Waals surface area contributed by atoms with Crippen LogP contribution >= 0.6 is 0 Å². The fourth-order valence-electron chi connectivity index (χ4n) is 2.33. The third-order valence-electron chi connectivity index (χ3n) is 3.45. The van der Waals surface area contributed by atoms with Crippen LogP contribution in [0.4, 0.5) is 17.3 Å². The van der Waals surface area contributed by atoms with Crippen molar-refractivity contribution >= 4 is 28.2 Å². The molecule has 3 rings (SSSR count). The summed E-state index contributed by atoms with van der Waals surface area (Å²) in [6.45, 7) is 0.870. The summed E-state index contributed by atoms with van der Waals surface area (Å²) in [6.07, 6.45) is 0. The van der Waals surface area contributed by atoms with Gasteiger partial charge in [0.1, 0.15) is 5.69 Å². The zero-order valence-electron chi connectivity index (χ0n) is 12.7. The van der Waals surface area contributed by atoms with Gasteiger partial charge in [0.15, 0.2) is 0 Å². The maximum Gasteiger partial charge on any atom is 0.292 e. The minimum Gasteiger partial charge on any atom is -0.378 e. The molecule has 8 heteroatoms. The van der Waals surface area contributed by atoms with Gasteiger partial charge in [-0.3, -0.25) is 19.9 Å². The summed E-state index contributed by atoms with van der Waals surface area (Å²) in [5.74, 6) is 0.364. The van der Waals surface area contributed by atoms with E-state index in [9.17, 15) is 14.9 Å². The largest absolute Gasteiger partial charge is 0.378 e. The molecule has 0 aliphatic rings. The first-order valence-electron chi connectivity index (χ1n) is 7.35. The maximum atomic E-state index is 11.9. The van der Waals surface area contributed by atoms with Crippen LogP contribution in [0.5, 0.6) is 0 Å². The summed E-state index contributed by atoms with van der Waals surface area (Å²) in [5.41, 5.74) is 0.865. The molecule has 0 amide bonds. The second kappa shape index (κ2) is 6.78. The number of anilines is 2. The first-order chi connectivity index (χ1) is 11.6. The van der Waals surface area contributed by atoms with Crippen molar-refractivity contribution in [3.05, 3.63) is 69.0 Å². The van der Waals surface area contributed by atoms with Crippen molar-refractivity contribution in [2.45, 2.75) is 0 Å². The topological polar surface area (TPSA) is 113 Å². The molecule has 0 radical (unpaired) electrons. The molecule has 0 saturated carbocycles. The molecule has 0 aliphatic heterocycles. The van der Waals surface area contributed by atoms with Gasteiger partial charge in [-0.05, 0) is 18.2 Å². The summed E-state index contributed by atoms with van der Waals surface area (Å²) in [4.78, 5) is 29.4. The number of hydrogen-bond acceptors (Lipinski definition) is 6. The average Bonchev–Trinajstić information content (AvgIpc) is 2.59. The van der Waals surface area contributed by atoms with E-state index in [0.29, 0.717) is 35.6 Å². The number of benzene rings is 2. The highest BCUT2D eigenvalue weighted by Crippen LogP contribution is 2.22. The Morgan fingerprint density at radius 3 is 2.58 bits per heavy atom. The van der Waals surface area contributed by atoms with Crippen LogP contribution in [0.25, 0.3) is 10.9 Å². The number of para-hydroxylation sites is 3. The number of nitrogens with one attached hydrogen (secondary N) is 3. The van der Waals surface area contributed by atoms with E-state index >= 15 is 0 Å². The summed E-state index contributed by atoms with van der Waals surface area (Å²) >= 11 is 0. The van der Waals surface area contributed by atoms with Gasteiger partial charge in [0.25, 0.3) is 11.2 Å². The van der Waals surface area contributed by atoms with Crippen LogP contribution in [0.2, 0.25) is 0 Å². The summed E-state index contributed by atoms with van der Waals surface area (Å²) in [6, 6.07) is 13.5. The Labute approximate surface area is 136 Å². The summed E-state index contributed by atoms with van der Waals surface area (Å²) in [7, 11) is 0. The number of aromatic nitrogens is 2. The second-order valence-electron chi connectivity index (χ2n) is 5.06. The number of fused-ring (bicyclic) bond motifs is 1. The van der Waals surface area contributed by atoms with E-state index in [1.807, 2.05) is 6.07 Å². The van der Waals surface area contributed by atoms with Crippen molar-refractivity contribution in [2.24, 2.45) is 0 Å². The number of aromatic amines is 1. The Morgan fingerprint density at radius 2 is 1.75 bits per heavy atom. The third kappa shape index (κ3) is 3.32. The monoisotopic (exact) mass is 325 g/mol. The number of nitro groups is 1. The number of nitro benzene ring substituents is 1. The fraction of sp³-hybridized carbons (Fsp3) is 0.125. The van der Waals surface area contributed by atoms with Crippen LogP contribution in [0.15, 0.2) is 53.3 Å². The van der Waals surface area contributed by atoms with E-state index in [1.165, 1.54) is 6.07 Å². The van der Waals surface area contributed by atoms with Crippen LogP contribution in [-0.4, -0.2) is 28.0 Å². The fourth-order valence-corrected chi connectivity index (χ4v) is 2.33. The predicted octanol–water partition coefficient (Wildman–Crippen LogP) is 2.36. The van der Waals surface area contributed by atoms with Gasteiger partial charge in [-0.15, -0.1) is 0 Å². The molecular weight excluding hydrogens is 310 g/mol. The van der Waals surface area contributed by atoms with Gasteiger partial charge in [-0.2, -0.15) is 0 Å². The van der Waals surface area contributed by atoms with E-state index in [-0.39, 0.29) is 11.2 Å². The lowest BCUT2D eigenvalue weighted by Gasteiger charge is -2.09. The lowest BCUT2D eigenvalue weighted by Crippen LogP contribution is -2.18. The van der Waals surface area contributed by atoms with E-state index < -0.39 is 4.92 Å². The Hall–Kier alpha value is -3.42. The lowest BCUT2D eigenvalue weighted by atomic mass is 10.2. The molecule has 3 aromatic rings. The van der Waals surface area contributed by atoms with E-state index in [1.54, 1.807) is 36.4 Å². The Balaban J connectivity index is 1.63. The summed E-state index contributed by atoms with van der Waals surface area (Å²) < 4.78 is 0. The normalized spacial score (nSPS) is 10.5. The second-order valence-corrected chi connectivity index (χ2v) is 5.06. The minimum absolute atomic E-state index is 0.0229. The average molecular weight is 325 g/mol. The van der Waals surface area contributed by atoms with Gasteiger partial charge in [-0.25, -0.2) is 4.98 Å². The number of hydrogen-bond donors (Lipinski definition) is 3. The van der Waals surface area contributed by atoms with Gasteiger partial charge < -0.3 is 10.6 Å². The highest BCUT2D eigenvalue weighted by atomic mass is 16.6. The van der Waals surface area contributed by atoms with Crippen LogP contribution in [0.1, 0.15) is 0 Å². The van der Waals surface area contributed by atoms with E-state index in [2.05, 4.69) is 20.6 Å². The molecule has 2 aromatic carbocycles. The number of nitrogens with zero attached hydrogens (tertiary/aromatic N) is 2. The van der Waals surface area contributed by atoms with Gasteiger partial charge in [-0.1, -0.05) is 24.3 Å². The van der Waals surface area contributed by atoms with Crippen molar-refractivity contribution in [3.63, 3.8) is 0 Å². The first kappa shape index (κ1) is 15.5. The van der Waals surface area contributed by atoms with Crippen molar-refractivity contribution in [1.29, 1.82) is 0 Å². The molecule has 0 saturated heterocycles. The minimum atomic E-state index is -0.432. The van der Waals surface area contributed by atoms with Crippen molar-refractivity contribution < 1.29 is 4.92 Å². The number of rotatable bonds is 6. The molecule has 122 valence electrons. The van der Waals surface area contributed by atoms with E-state index in [4.69, 9.17) is 0 Å². The molecule has 0 bridgehead atoms. The molecule has 1 aromatic heterocycles. The first-order valence-corrected chi connectivity index (χ1v) is 7.35. The highest BCUT2D eigenvalue weighted by Gasteiger charge is 2.11. The number of H-pyrrole nitrogens is 1. The van der Waals surface area contributed by atoms with Crippen molar-refractivity contribution in [2.75, 3.05) is 23.7 Å². The van der Waals surface area contributed by atoms with Gasteiger partial charge in [0.05, 0.1) is 15.8 Å². The Bertz CT molecular complexity index is 938. The Morgan fingerprint density at radius 1 is 1.04 bits per heavy atom. The smallest absolute Gasteiger partial charge is 0.292 e. The molecule has 8 nitrogen and oxygen atoms in total. The van der Waals surface area contributed by atoms with Gasteiger partial charge in [0.2, 0.25) is 5.95 Å². The maximum absolute atomic E-state index is 11.9. The molecule has 0 spiro atoms. The molecule has 0 aliphatic carbocycles. The van der Waals surface area contributed by atoms with Crippen LogP contribution < -0.4 is 16.2 Å². The van der Waals surface area contributed by atoms with Gasteiger partial charge >= 0.3 is 0 Å². The molecule has 1 heterocycles. The molecular formula is C16H15N5O3. The van der Waals surface area contributed by atoms with Crippen LogP contribution in [-0.2, 0) is 0 Å². The molecule has 0 atom stereocenters. The molecule has 0 unspecified atom stereocenters.